The van der Waals surface area contributed by atoms with Crippen molar-refractivity contribution in [3.05, 3.63) is 130 Å². The fourth-order valence-corrected chi connectivity index (χ4v) is 5.96. The van der Waals surface area contributed by atoms with Gasteiger partial charge in [-0.1, -0.05) is 89.1 Å². The van der Waals surface area contributed by atoms with Crippen molar-refractivity contribution in [2.24, 2.45) is 4.99 Å². The maximum absolute atomic E-state index is 14.0. The van der Waals surface area contributed by atoms with Gasteiger partial charge in [0.2, 0.25) is 0 Å². The first-order valence-corrected chi connectivity index (χ1v) is 14.2. The van der Waals surface area contributed by atoms with Crippen LogP contribution in [0.4, 0.5) is 0 Å². The number of benzene rings is 3. The molecule has 0 fully saturated rings. The van der Waals surface area contributed by atoms with Crippen LogP contribution < -0.4 is 19.6 Å². The molecule has 6 nitrogen and oxygen atoms in total. The number of ether oxygens (including phenoxy) is 2. The minimum Gasteiger partial charge on any atom is -0.488 e. The number of carbonyl (C=O) groups is 1. The van der Waals surface area contributed by atoms with Crippen molar-refractivity contribution >= 4 is 46.6 Å². The number of hydrogen-bond acceptors (Lipinski definition) is 6. The van der Waals surface area contributed by atoms with Crippen molar-refractivity contribution in [2.75, 3.05) is 0 Å². The van der Waals surface area contributed by atoms with Crippen molar-refractivity contribution in [3.8, 4) is 5.75 Å². The van der Waals surface area contributed by atoms with Crippen molar-refractivity contribution in [2.45, 2.75) is 39.5 Å². The number of rotatable bonds is 7. The van der Waals surface area contributed by atoms with Gasteiger partial charge in [0.15, 0.2) is 4.80 Å². The zero-order valence-corrected chi connectivity index (χ0v) is 24.4. The zero-order chi connectivity index (χ0) is 28.4. The Morgan fingerprint density at radius 2 is 1.70 bits per heavy atom. The molecule has 0 amide bonds. The number of esters is 1. The number of fused-ring (bicyclic) bond motifs is 1. The molecule has 1 aliphatic heterocycles. The molecule has 0 spiro atoms. The standard InChI is InChI=1S/C31H26Cl2N2O4S/c1-18(2)39-30(37)27-19(3)34-31-35(28(27)22-12-6-8-14-24(22)33)29(36)26(40-31)16-20-10-5-9-15-25(20)38-17-21-11-4-7-13-23(21)32/h4-16,18,28H,17H2,1-3H3. The Labute approximate surface area is 245 Å². The summed E-state index contributed by atoms with van der Waals surface area (Å²) in [5.41, 5.74) is 2.66. The van der Waals surface area contributed by atoms with E-state index >= 15 is 0 Å². The van der Waals surface area contributed by atoms with Crippen LogP contribution in [0.3, 0.4) is 0 Å². The van der Waals surface area contributed by atoms with E-state index in [1.54, 1.807) is 39.0 Å². The average Bonchev–Trinajstić information content (AvgIpc) is 3.22. The molecular formula is C31H26Cl2N2O4S. The Hall–Kier alpha value is -3.65. The van der Waals surface area contributed by atoms with Crippen molar-refractivity contribution in [3.63, 3.8) is 0 Å². The lowest BCUT2D eigenvalue weighted by atomic mass is 9.96. The highest BCUT2D eigenvalue weighted by Gasteiger charge is 2.34. The summed E-state index contributed by atoms with van der Waals surface area (Å²) in [6.45, 7) is 5.58. The summed E-state index contributed by atoms with van der Waals surface area (Å²) < 4.78 is 13.6. The second-order valence-electron chi connectivity index (χ2n) is 9.48. The van der Waals surface area contributed by atoms with Crippen LogP contribution >= 0.6 is 34.5 Å². The molecule has 2 heterocycles. The van der Waals surface area contributed by atoms with Gasteiger partial charge < -0.3 is 9.47 Å². The van der Waals surface area contributed by atoms with E-state index in [9.17, 15) is 9.59 Å². The van der Waals surface area contributed by atoms with E-state index in [1.165, 1.54) is 15.9 Å². The Morgan fingerprint density at radius 3 is 2.42 bits per heavy atom. The van der Waals surface area contributed by atoms with Gasteiger partial charge in [-0.2, -0.15) is 0 Å². The monoisotopic (exact) mass is 592 g/mol. The summed E-state index contributed by atoms with van der Waals surface area (Å²) in [7, 11) is 0. The van der Waals surface area contributed by atoms with Crippen LogP contribution in [0.15, 0.2) is 93.9 Å². The molecular weight excluding hydrogens is 567 g/mol. The predicted molar refractivity (Wildman–Crippen MR) is 159 cm³/mol. The SMILES string of the molecule is CC1=C(C(=O)OC(C)C)C(c2ccccc2Cl)n2c(sc(=Cc3ccccc3OCc3ccccc3Cl)c2=O)=N1. The first-order chi connectivity index (χ1) is 19.2. The minimum absolute atomic E-state index is 0.277. The molecule has 0 saturated carbocycles. The molecule has 1 aromatic heterocycles. The van der Waals surface area contributed by atoms with Gasteiger partial charge in [0.25, 0.3) is 5.56 Å². The Morgan fingerprint density at radius 1 is 1.02 bits per heavy atom. The van der Waals surface area contributed by atoms with Crippen LogP contribution in [-0.2, 0) is 16.1 Å². The highest BCUT2D eigenvalue weighted by molar-refractivity contribution is 7.07. The molecule has 5 rings (SSSR count). The lowest BCUT2D eigenvalue weighted by molar-refractivity contribution is -0.143. The van der Waals surface area contributed by atoms with Gasteiger partial charge >= 0.3 is 5.97 Å². The zero-order valence-electron chi connectivity index (χ0n) is 22.1. The Balaban J connectivity index is 1.62. The maximum atomic E-state index is 14.0. The first kappa shape index (κ1) is 27.9. The van der Waals surface area contributed by atoms with E-state index in [4.69, 9.17) is 32.7 Å². The van der Waals surface area contributed by atoms with E-state index in [1.807, 2.05) is 60.7 Å². The molecule has 0 bridgehead atoms. The molecule has 40 heavy (non-hydrogen) atoms. The molecule has 0 aliphatic carbocycles. The summed E-state index contributed by atoms with van der Waals surface area (Å²) in [5.74, 6) is 0.0713. The quantitative estimate of drug-likeness (QED) is 0.244. The van der Waals surface area contributed by atoms with Crippen molar-refractivity contribution in [1.29, 1.82) is 0 Å². The van der Waals surface area contributed by atoms with Gasteiger partial charge in [0, 0.05) is 21.2 Å². The number of nitrogens with zero attached hydrogens (tertiary/aromatic N) is 2. The van der Waals surface area contributed by atoms with E-state index in [-0.39, 0.29) is 23.8 Å². The molecule has 4 aromatic rings. The summed E-state index contributed by atoms with van der Waals surface area (Å²) in [5, 5.41) is 1.06. The third-order valence-corrected chi connectivity index (χ3v) is 8.03. The van der Waals surface area contributed by atoms with Gasteiger partial charge in [0.05, 0.1) is 21.9 Å². The van der Waals surface area contributed by atoms with Crippen LogP contribution in [0.5, 0.6) is 5.75 Å². The number of para-hydroxylation sites is 1. The van der Waals surface area contributed by atoms with Crippen LogP contribution in [0, 0.1) is 0 Å². The molecule has 1 atom stereocenters. The van der Waals surface area contributed by atoms with Gasteiger partial charge in [-0.05, 0) is 50.6 Å². The van der Waals surface area contributed by atoms with Gasteiger partial charge in [-0.15, -0.1) is 0 Å². The number of carbonyl (C=O) groups excluding carboxylic acids is 1. The van der Waals surface area contributed by atoms with E-state index in [0.29, 0.717) is 36.4 Å². The number of halogens is 2. The Kier molecular flexibility index (Phi) is 8.26. The largest absolute Gasteiger partial charge is 0.488 e. The Bertz CT molecular complexity index is 1810. The fraction of sp³-hybridized carbons (Fsp3) is 0.194. The number of hydrogen-bond donors (Lipinski definition) is 0. The van der Waals surface area contributed by atoms with Crippen LogP contribution in [0.2, 0.25) is 10.0 Å². The third kappa shape index (κ3) is 5.63. The average molecular weight is 594 g/mol. The van der Waals surface area contributed by atoms with Crippen molar-refractivity contribution in [1.82, 2.24) is 4.57 Å². The second kappa shape index (κ2) is 11.8. The lowest BCUT2D eigenvalue weighted by Gasteiger charge is -2.26. The lowest BCUT2D eigenvalue weighted by Crippen LogP contribution is -2.40. The normalized spacial score (nSPS) is 15.2. The number of thiazole rings is 1. The highest BCUT2D eigenvalue weighted by Crippen LogP contribution is 2.34. The molecule has 0 saturated heterocycles. The molecule has 0 radical (unpaired) electrons. The van der Waals surface area contributed by atoms with Crippen LogP contribution in [0.1, 0.15) is 43.5 Å². The molecule has 9 heteroatoms. The van der Waals surface area contributed by atoms with Gasteiger partial charge in [-0.25, -0.2) is 9.79 Å². The fourth-order valence-electron chi connectivity index (χ4n) is 4.49. The molecule has 3 aromatic carbocycles. The van der Waals surface area contributed by atoms with Crippen LogP contribution in [-0.4, -0.2) is 16.6 Å². The van der Waals surface area contributed by atoms with E-state index in [0.717, 1.165) is 11.1 Å². The number of allylic oxidation sites excluding steroid dienone is 1. The summed E-state index contributed by atoms with van der Waals surface area (Å²) >= 11 is 14.1. The summed E-state index contributed by atoms with van der Waals surface area (Å²) in [4.78, 5) is 32.3. The topological polar surface area (TPSA) is 69.9 Å². The van der Waals surface area contributed by atoms with E-state index < -0.39 is 12.0 Å². The maximum Gasteiger partial charge on any atom is 0.338 e. The first-order valence-electron chi connectivity index (χ1n) is 12.7. The second-order valence-corrected chi connectivity index (χ2v) is 11.3. The smallest absolute Gasteiger partial charge is 0.338 e. The third-order valence-electron chi connectivity index (χ3n) is 6.33. The summed E-state index contributed by atoms with van der Waals surface area (Å²) in [6, 6.07) is 21.3. The van der Waals surface area contributed by atoms with Gasteiger partial charge in [-0.3, -0.25) is 9.36 Å². The molecule has 0 N–H and O–H groups in total. The molecule has 1 unspecified atom stereocenters. The van der Waals surface area contributed by atoms with E-state index in [2.05, 4.69) is 4.99 Å². The molecule has 1 aliphatic rings. The predicted octanol–water partition coefficient (Wildman–Crippen LogP) is 6.07. The van der Waals surface area contributed by atoms with Crippen LogP contribution in [0.25, 0.3) is 6.08 Å². The minimum atomic E-state index is -0.787. The molecule has 204 valence electrons. The van der Waals surface area contributed by atoms with Gasteiger partial charge in [0.1, 0.15) is 18.4 Å². The summed E-state index contributed by atoms with van der Waals surface area (Å²) in [6.07, 6.45) is 1.44. The number of aromatic nitrogens is 1. The van der Waals surface area contributed by atoms with Crippen molar-refractivity contribution < 1.29 is 14.3 Å². The highest BCUT2D eigenvalue weighted by atomic mass is 35.5.